The van der Waals surface area contributed by atoms with Gasteiger partial charge in [0.2, 0.25) is 0 Å². The molecule has 2 atom stereocenters. The minimum Gasteiger partial charge on any atom is -0.481 e. The first-order valence-electron chi connectivity index (χ1n) is 7.16. The van der Waals surface area contributed by atoms with Crippen LogP contribution in [0.3, 0.4) is 0 Å². The summed E-state index contributed by atoms with van der Waals surface area (Å²) in [5, 5.41) is 22.6. The number of piperidine rings is 1. The third kappa shape index (κ3) is 6.44. The third-order valence-corrected chi connectivity index (χ3v) is 3.54. The smallest absolute Gasteiger partial charge is 0.326 e. The van der Waals surface area contributed by atoms with Gasteiger partial charge in [0.05, 0.1) is 0 Å². The number of carboxylic acid groups (broad SMARTS) is 2. The van der Waals surface area contributed by atoms with Gasteiger partial charge in [0.15, 0.2) is 0 Å². The minimum absolute atomic E-state index is 0.00683. The second kappa shape index (κ2) is 8.46. The van der Waals surface area contributed by atoms with Crippen molar-refractivity contribution < 1.29 is 24.6 Å². The standard InChI is InChI=1S/C13H23N3O5/c1-2-16-7-3-4-9(8-16)14-13(21)15-10(12(19)20)5-6-11(17)18/h9-10H,2-8H2,1H3,(H,17,18)(H,19,20)(H2,14,15,21)/t9?,10-/m0/s1. The fourth-order valence-corrected chi connectivity index (χ4v) is 2.37. The quantitative estimate of drug-likeness (QED) is 0.529. The van der Waals surface area contributed by atoms with Crippen molar-refractivity contribution in [3.63, 3.8) is 0 Å². The molecule has 1 saturated heterocycles. The summed E-state index contributed by atoms with van der Waals surface area (Å²) >= 11 is 0. The number of hydrogen-bond donors (Lipinski definition) is 4. The first-order valence-corrected chi connectivity index (χ1v) is 7.16. The number of rotatable bonds is 7. The molecule has 0 spiro atoms. The van der Waals surface area contributed by atoms with E-state index in [2.05, 4.69) is 22.5 Å². The highest BCUT2D eigenvalue weighted by atomic mass is 16.4. The molecule has 1 rings (SSSR count). The number of aliphatic carboxylic acids is 2. The first kappa shape index (κ1) is 17.2. The van der Waals surface area contributed by atoms with Crippen LogP contribution >= 0.6 is 0 Å². The van der Waals surface area contributed by atoms with Crippen LogP contribution in [0, 0.1) is 0 Å². The van der Waals surface area contributed by atoms with Crippen LogP contribution in [0.4, 0.5) is 4.79 Å². The summed E-state index contributed by atoms with van der Waals surface area (Å²) in [5.74, 6) is -2.32. The molecule has 0 aromatic heterocycles. The molecule has 1 heterocycles. The predicted octanol–water partition coefficient (Wildman–Crippen LogP) is 0.0879. The Morgan fingerprint density at radius 1 is 1.33 bits per heavy atom. The monoisotopic (exact) mass is 301 g/mol. The SMILES string of the molecule is CCN1CCCC(NC(=O)N[C@@H](CCC(=O)O)C(=O)O)C1. The zero-order valence-electron chi connectivity index (χ0n) is 12.2. The van der Waals surface area contributed by atoms with Gasteiger partial charge in [-0.1, -0.05) is 6.92 Å². The van der Waals surface area contributed by atoms with Crippen molar-refractivity contribution in [1.82, 2.24) is 15.5 Å². The minimum atomic E-state index is -1.23. The lowest BCUT2D eigenvalue weighted by Gasteiger charge is -2.32. The fourth-order valence-electron chi connectivity index (χ4n) is 2.37. The van der Waals surface area contributed by atoms with Gasteiger partial charge in [-0.25, -0.2) is 9.59 Å². The van der Waals surface area contributed by atoms with E-state index >= 15 is 0 Å². The number of hydrogen-bond acceptors (Lipinski definition) is 4. The topological polar surface area (TPSA) is 119 Å². The van der Waals surface area contributed by atoms with E-state index in [-0.39, 0.29) is 18.9 Å². The first-order chi connectivity index (χ1) is 9.92. The van der Waals surface area contributed by atoms with Crippen LogP contribution in [0.2, 0.25) is 0 Å². The maximum atomic E-state index is 11.8. The molecule has 2 amide bonds. The van der Waals surface area contributed by atoms with Gasteiger partial charge in [0.25, 0.3) is 0 Å². The maximum Gasteiger partial charge on any atom is 0.326 e. The van der Waals surface area contributed by atoms with E-state index in [1.54, 1.807) is 0 Å². The Hall–Kier alpha value is -1.83. The van der Waals surface area contributed by atoms with Crippen LogP contribution in [-0.4, -0.2) is 64.8 Å². The lowest BCUT2D eigenvalue weighted by Crippen LogP contribution is -2.53. The highest BCUT2D eigenvalue weighted by Gasteiger charge is 2.24. The molecular formula is C13H23N3O5. The normalized spacial score (nSPS) is 20.5. The van der Waals surface area contributed by atoms with E-state index in [9.17, 15) is 14.4 Å². The molecule has 1 aliphatic heterocycles. The summed E-state index contributed by atoms with van der Waals surface area (Å²) in [4.78, 5) is 35.5. The van der Waals surface area contributed by atoms with Crippen molar-refractivity contribution in [2.75, 3.05) is 19.6 Å². The number of nitrogens with one attached hydrogen (secondary N) is 2. The number of carboxylic acids is 2. The average Bonchev–Trinajstić information content (AvgIpc) is 2.43. The maximum absolute atomic E-state index is 11.8. The summed E-state index contributed by atoms with van der Waals surface area (Å²) in [6, 6.07) is -1.75. The Balaban J connectivity index is 2.42. The van der Waals surface area contributed by atoms with Gasteiger partial charge in [-0.2, -0.15) is 0 Å². The molecule has 1 fully saturated rings. The zero-order valence-corrected chi connectivity index (χ0v) is 12.2. The largest absolute Gasteiger partial charge is 0.481 e. The Bertz CT molecular complexity index is 388. The Labute approximate surface area is 123 Å². The molecule has 0 aromatic rings. The Morgan fingerprint density at radius 2 is 2.05 bits per heavy atom. The number of nitrogens with zero attached hydrogens (tertiary/aromatic N) is 1. The number of likely N-dealkylation sites (N-methyl/N-ethyl adjacent to an activating group) is 1. The van der Waals surface area contributed by atoms with E-state index in [0.29, 0.717) is 0 Å². The van der Waals surface area contributed by atoms with Crippen molar-refractivity contribution in [2.45, 2.75) is 44.7 Å². The van der Waals surface area contributed by atoms with Crippen molar-refractivity contribution >= 4 is 18.0 Å². The van der Waals surface area contributed by atoms with Crippen LogP contribution < -0.4 is 10.6 Å². The van der Waals surface area contributed by atoms with E-state index < -0.39 is 24.0 Å². The highest BCUT2D eigenvalue weighted by Crippen LogP contribution is 2.09. The van der Waals surface area contributed by atoms with Gasteiger partial charge in [-0.3, -0.25) is 4.79 Å². The van der Waals surface area contributed by atoms with E-state index in [1.165, 1.54) is 0 Å². The Morgan fingerprint density at radius 3 is 2.62 bits per heavy atom. The second-order valence-corrected chi connectivity index (χ2v) is 5.17. The predicted molar refractivity (Wildman–Crippen MR) is 75.1 cm³/mol. The average molecular weight is 301 g/mol. The number of urea groups is 1. The molecule has 0 aliphatic carbocycles. The lowest BCUT2D eigenvalue weighted by molar-refractivity contribution is -0.140. The molecule has 4 N–H and O–H groups in total. The number of carbonyl (C=O) groups is 3. The van der Waals surface area contributed by atoms with Gasteiger partial charge < -0.3 is 25.7 Å². The molecule has 1 unspecified atom stereocenters. The summed E-state index contributed by atoms with van der Waals surface area (Å²) < 4.78 is 0. The number of carbonyl (C=O) groups excluding carboxylic acids is 1. The van der Waals surface area contributed by atoms with Crippen molar-refractivity contribution in [3.05, 3.63) is 0 Å². The summed E-state index contributed by atoms with van der Waals surface area (Å²) in [6.45, 7) is 4.72. The number of amides is 2. The van der Waals surface area contributed by atoms with Gasteiger partial charge >= 0.3 is 18.0 Å². The van der Waals surface area contributed by atoms with Gasteiger partial charge in [0, 0.05) is 19.0 Å². The van der Waals surface area contributed by atoms with Crippen LogP contribution in [-0.2, 0) is 9.59 Å². The molecule has 8 heteroatoms. The summed E-state index contributed by atoms with van der Waals surface area (Å²) in [7, 11) is 0. The molecule has 0 aromatic carbocycles. The van der Waals surface area contributed by atoms with Gasteiger partial charge in [-0.05, 0) is 32.4 Å². The van der Waals surface area contributed by atoms with Crippen LogP contribution in [0.1, 0.15) is 32.6 Å². The Kier molecular flexibility index (Phi) is 6.93. The van der Waals surface area contributed by atoms with Gasteiger partial charge in [0.1, 0.15) is 6.04 Å². The molecule has 1 aliphatic rings. The molecule has 0 radical (unpaired) electrons. The molecular weight excluding hydrogens is 278 g/mol. The van der Waals surface area contributed by atoms with Crippen LogP contribution in [0.5, 0.6) is 0 Å². The highest BCUT2D eigenvalue weighted by molar-refractivity contribution is 5.83. The van der Waals surface area contributed by atoms with Crippen molar-refractivity contribution in [2.24, 2.45) is 0 Å². The van der Waals surface area contributed by atoms with Gasteiger partial charge in [-0.15, -0.1) is 0 Å². The molecule has 120 valence electrons. The fraction of sp³-hybridized carbons (Fsp3) is 0.769. The third-order valence-electron chi connectivity index (χ3n) is 3.54. The molecule has 8 nitrogen and oxygen atoms in total. The van der Waals surface area contributed by atoms with E-state index in [4.69, 9.17) is 10.2 Å². The van der Waals surface area contributed by atoms with E-state index in [1.807, 2.05) is 0 Å². The summed E-state index contributed by atoms with van der Waals surface area (Å²) in [6.07, 6.45) is 1.41. The zero-order chi connectivity index (χ0) is 15.8. The molecule has 0 saturated carbocycles. The molecule has 0 bridgehead atoms. The van der Waals surface area contributed by atoms with Crippen molar-refractivity contribution in [3.8, 4) is 0 Å². The summed E-state index contributed by atoms with van der Waals surface area (Å²) in [5.41, 5.74) is 0. The van der Waals surface area contributed by atoms with Crippen LogP contribution in [0.25, 0.3) is 0 Å². The van der Waals surface area contributed by atoms with E-state index in [0.717, 1.165) is 32.5 Å². The van der Waals surface area contributed by atoms with Crippen molar-refractivity contribution in [1.29, 1.82) is 0 Å². The van der Waals surface area contributed by atoms with Crippen LogP contribution in [0.15, 0.2) is 0 Å². The second-order valence-electron chi connectivity index (χ2n) is 5.17. The lowest BCUT2D eigenvalue weighted by atomic mass is 10.1. The number of likely N-dealkylation sites (tertiary alicyclic amines) is 1. The molecule has 21 heavy (non-hydrogen) atoms.